The van der Waals surface area contributed by atoms with Crippen molar-refractivity contribution in [2.45, 2.75) is 19.9 Å². The Bertz CT molecular complexity index is 519. The van der Waals surface area contributed by atoms with Crippen LogP contribution >= 0.6 is 0 Å². The maximum atomic E-state index is 11.6. The number of furan rings is 1. The summed E-state index contributed by atoms with van der Waals surface area (Å²) in [7, 11) is 0. The van der Waals surface area contributed by atoms with Crippen LogP contribution in [0.4, 0.5) is 0 Å². The molecule has 1 heterocycles. The molecule has 2 rings (SSSR count). The third-order valence-corrected chi connectivity index (χ3v) is 2.60. The van der Waals surface area contributed by atoms with E-state index in [4.69, 9.17) is 9.15 Å². The fourth-order valence-electron chi connectivity index (χ4n) is 1.63. The van der Waals surface area contributed by atoms with Gasteiger partial charge in [0.05, 0.1) is 19.6 Å². The largest absolute Gasteiger partial charge is 0.493 e. The fourth-order valence-corrected chi connectivity index (χ4v) is 1.63. The number of para-hydroxylation sites is 1. The van der Waals surface area contributed by atoms with Crippen molar-refractivity contribution in [3.63, 3.8) is 0 Å². The maximum Gasteiger partial charge on any atom is 0.223 e. The van der Waals surface area contributed by atoms with Crippen molar-refractivity contribution in [1.29, 1.82) is 0 Å². The predicted octanol–water partition coefficient (Wildman–Crippen LogP) is 2.67. The normalized spacial score (nSPS) is 10.2. The Labute approximate surface area is 112 Å². The molecular weight excluding hydrogens is 242 g/mol. The lowest BCUT2D eigenvalue weighted by Crippen LogP contribution is -2.24. The van der Waals surface area contributed by atoms with Crippen molar-refractivity contribution < 1.29 is 13.9 Å². The molecule has 0 aliphatic rings. The SMILES string of the molecule is Cc1ccc(CNC(=O)CCOc2ccccc2)o1. The molecule has 1 N–H and O–H groups in total. The highest BCUT2D eigenvalue weighted by atomic mass is 16.5. The molecule has 0 aliphatic heterocycles. The van der Waals surface area contributed by atoms with Gasteiger partial charge < -0.3 is 14.5 Å². The Morgan fingerprint density at radius 3 is 2.68 bits per heavy atom. The third-order valence-electron chi connectivity index (χ3n) is 2.60. The molecule has 1 amide bonds. The Hall–Kier alpha value is -2.23. The van der Waals surface area contributed by atoms with Crippen molar-refractivity contribution in [2.75, 3.05) is 6.61 Å². The summed E-state index contributed by atoms with van der Waals surface area (Å²) < 4.78 is 10.8. The van der Waals surface area contributed by atoms with Gasteiger partial charge in [-0.25, -0.2) is 0 Å². The first-order valence-corrected chi connectivity index (χ1v) is 6.24. The lowest BCUT2D eigenvalue weighted by Gasteiger charge is -2.06. The summed E-state index contributed by atoms with van der Waals surface area (Å²) in [5.41, 5.74) is 0. The first-order valence-electron chi connectivity index (χ1n) is 6.24. The van der Waals surface area contributed by atoms with Gasteiger partial charge in [0, 0.05) is 0 Å². The standard InChI is InChI=1S/C15H17NO3/c1-12-7-8-14(19-12)11-16-15(17)9-10-18-13-5-3-2-4-6-13/h2-8H,9-11H2,1H3,(H,16,17). The van der Waals surface area contributed by atoms with Gasteiger partial charge in [-0.05, 0) is 31.2 Å². The predicted molar refractivity (Wildman–Crippen MR) is 71.8 cm³/mol. The number of carbonyl (C=O) groups is 1. The number of carbonyl (C=O) groups excluding carboxylic acids is 1. The summed E-state index contributed by atoms with van der Waals surface area (Å²) in [5.74, 6) is 2.33. The van der Waals surface area contributed by atoms with E-state index in [-0.39, 0.29) is 5.91 Å². The Kier molecular flexibility index (Phi) is 4.61. The van der Waals surface area contributed by atoms with E-state index >= 15 is 0 Å². The molecule has 0 fully saturated rings. The second-order valence-corrected chi connectivity index (χ2v) is 4.20. The molecule has 0 radical (unpaired) electrons. The van der Waals surface area contributed by atoms with Crippen molar-refractivity contribution >= 4 is 5.91 Å². The minimum Gasteiger partial charge on any atom is -0.493 e. The van der Waals surface area contributed by atoms with Gasteiger partial charge in [-0.2, -0.15) is 0 Å². The first-order chi connectivity index (χ1) is 9.24. The van der Waals surface area contributed by atoms with E-state index in [1.54, 1.807) is 0 Å². The smallest absolute Gasteiger partial charge is 0.223 e. The van der Waals surface area contributed by atoms with Crippen LogP contribution in [0, 0.1) is 6.92 Å². The number of amides is 1. The van der Waals surface area contributed by atoms with Crippen LogP contribution in [0.25, 0.3) is 0 Å². The van der Waals surface area contributed by atoms with Gasteiger partial charge in [-0.3, -0.25) is 4.79 Å². The molecule has 0 unspecified atom stereocenters. The molecule has 0 spiro atoms. The van der Waals surface area contributed by atoms with Crippen LogP contribution in [0.5, 0.6) is 5.75 Å². The molecule has 2 aromatic rings. The van der Waals surface area contributed by atoms with Crippen molar-refractivity contribution in [3.8, 4) is 5.75 Å². The molecule has 0 saturated carbocycles. The number of hydrogen-bond acceptors (Lipinski definition) is 3. The van der Waals surface area contributed by atoms with Gasteiger partial charge in [-0.1, -0.05) is 18.2 Å². The van der Waals surface area contributed by atoms with Crippen LogP contribution < -0.4 is 10.1 Å². The summed E-state index contributed by atoms with van der Waals surface area (Å²) in [6, 6.07) is 13.2. The first kappa shape index (κ1) is 13.2. The summed E-state index contributed by atoms with van der Waals surface area (Å²) in [5, 5.41) is 2.79. The minimum absolute atomic E-state index is 0.0509. The van der Waals surface area contributed by atoms with E-state index in [1.807, 2.05) is 49.4 Å². The molecule has 0 bridgehead atoms. The Morgan fingerprint density at radius 1 is 1.21 bits per heavy atom. The number of ether oxygens (including phenoxy) is 1. The molecule has 100 valence electrons. The summed E-state index contributed by atoms with van der Waals surface area (Å²) in [6.45, 7) is 2.66. The molecule has 19 heavy (non-hydrogen) atoms. The van der Waals surface area contributed by atoms with Gasteiger partial charge in [0.2, 0.25) is 5.91 Å². The van der Waals surface area contributed by atoms with Gasteiger partial charge in [-0.15, -0.1) is 0 Å². The molecule has 1 aromatic carbocycles. The van der Waals surface area contributed by atoms with Crippen molar-refractivity contribution in [1.82, 2.24) is 5.32 Å². The van der Waals surface area contributed by atoms with E-state index in [0.717, 1.165) is 17.3 Å². The molecule has 1 aromatic heterocycles. The van der Waals surface area contributed by atoms with Gasteiger partial charge in [0.25, 0.3) is 0 Å². The maximum absolute atomic E-state index is 11.6. The Balaban J connectivity index is 1.65. The number of nitrogens with one attached hydrogen (secondary N) is 1. The number of rotatable bonds is 6. The monoisotopic (exact) mass is 259 g/mol. The van der Waals surface area contributed by atoms with E-state index < -0.39 is 0 Å². The quantitative estimate of drug-likeness (QED) is 0.867. The number of benzene rings is 1. The van der Waals surface area contributed by atoms with Crippen molar-refractivity contribution in [3.05, 3.63) is 54.0 Å². The van der Waals surface area contributed by atoms with Crippen LogP contribution in [0.1, 0.15) is 17.9 Å². The highest BCUT2D eigenvalue weighted by Crippen LogP contribution is 2.08. The van der Waals surface area contributed by atoms with Gasteiger partial charge in [0.15, 0.2) is 0 Å². The minimum atomic E-state index is -0.0509. The zero-order valence-corrected chi connectivity index (χ0v) is 10.9. The molecule has 0 saturated heterocycles. The van der Waals surface area contributed by atoms with E-state index in [2.05, 4.69) is 5.32 Å². The molecule has 4 nitrogen and oxygen atoms in total. The van der Waals surface area contributed by atoms with Crippen LogP contribution in [-0.2, 0) is 11.3 Å². The van der Waals surface area contributed by atoms with Crippen LogP contribution in [0.3, 0.4) is 0 Å². The van der Waals surface area contributed by atoms with E-state index in [0.29, 0.717) is 19.6 Å². The average molecular weight is 259 g/mol. The lowest BCUT2D eigenvalue weighted by molar-refractivity contribution is -0.121. The lowest BCUT2D eigenvalue weighted by atomic mass is 10.3. The summed E-state index contributed by atoms with van der Waals surface area (Å²) in [6.07, 6.45) is 0.328. The zero-order chi connectivity index (χ0) is 13.5. The zero-order valence-electron chi connectivity index (χ0n) is 10.9. The summed E-state index contributed by atoms with van der Waals surface area (Å²) in [4.78, 5) is 11.6. The average Bonchev–Trinajstić information content (AvgIpc) is 2.83. The van der Waals surface area contributed by atoms with Crippen molar-refractivity contribution in [2.24, 2.45) is 0 Å². The highest BCUT2D eigenvalue weighted by molar-refractivity contribution is 5.75. The van der Waals surface area contributed by atoms with E-state index in [9.17, 15) is 4.79 Å². The van der Waals surface area contributed by atoms with Crippen LogP contribution in [0.15, 0.2) is 46.9 Å². The molecule has 4 heteroatoms. The van der Waals surface area contributed by atoms with E-state index in [1.165, 1.54) is 0 Å². The van der Waals surface area contributed by atoms with Gasteiger partial charge in [0.1, 0.15) is 17.3 Å². The van der Waals surface area contributed by atoms with Crippen LogP contribution in [-0.4, -0.2) is 12.5 Å². The molecule has 0 atom stereocenters. The molecular formula is C15H17NO3. The summed E-state index contributed by atoms with van der Waals surface area (Å²) >= 11 is 0. The third kappa shape index (κ3) is 4.50. The second-order valence-electron chi connectivity index (χ2n) is 4.20. The van der Waals surface area contributed by atoms with Gasteiger partial charge >= 0.3 is 0 Å². The van der Waals surface area contributed by atoms with Crippen LogP contribution in [0.2, 0.25) is 0 Å². The Morgan fingerprint density at radius 2 is 2.00 bits per heavy atom. The fraction of sp³-hybridized carbons (Fsp3) is 0.267. The molecule has 0 aliphatic carbocycles. The highest BCUT2D eigenvalue weighted by Gasteiger charge is 2.04. The number of hydrogen-bond donors (Lipinski definition) is 1. The number of aryl methyl sites for hydroxylation is 1. The second kappa shape index (κ2) is 6.64. The topological polar surface area (TPSA) is 51.5 Å².